The molecule has 0 radical (unpaired) electrons. The van der Waals surface area contributed by atoms with Crippen LogP contribution in [0, 0.1) is 0 Å². The standard InChI is InChI=1S/C17H21N3OS/c1-19(2)9-8-13-11-20(3)17(22)16-15(21-13)10-12-6-4-5-7-14(12)18-16/h4-7,10,13H,8-9,11H2,1-3H3. The molecule has 0 fully saturated rings. The van der Waals surface area contributed by atoms with Gasteiger partial charge in [-0.15, -0.1) is 0 Å². The monoisotopic (exact) mass is 315 g/mol. The Kier molecular flexibility index (Phi) is 4.27. The number of benzene rings is 1. The molecule has 4 nitrogen and oxygen atoms in total. The highest BCUT2D eigenvalue weighted by Crippen LogP contribution is 2.28. The topological polar surface area (TPSA) is 28.6 Å². The zero-order valence-electron chi connectivity index (χ0n) is 13.2. The maximum Gasteiger partial charge on any atom is 0.149 e. The number of hydrogen-bond acceptors (Lipinski definition) is 4. The largest absolute Gasteiger partial charge is 0.486 e. The van der Waals surface area contributed by atoms with E-state index in [0.717, 1.165) is 46.8 Å². The first-order chi connectivity index (χ1) is 10.5. The maximum atomic E-state index is 6.24. The fraction of sp³-hybridized carbons (Fsp3) is 0.412. The highest BCUT2D eigenvalue weighted by atomic mass is 32.1. The normalized spacial score (nSPS) is 18.3. The Hall–Kier alpha value is -1.72. The molecule has 0 amide bonds. The summed E-state index contributed by atoms with van der Waals surface area (Å²) in [4.78, 5) is 9.72. The van der Waals surface area contributed by atoms with Crippen molar-refractivity contribution in [3.63, 3.8) is 0 Å². The Morgan fingerprint density at radius 3 is 2.91 bits per heavy atom. The van der Waals surface area contributed by atoms with Crippen molar-refractivity contribution >= 4 is 28.1 Å². The Morgan fingerprint density at radius 2 is 2.14 bits per heavy atom. The van der Waals surface area contributed by atoms with Gasteiger partial charge in [-0.3, -0.25) is 0 Å². The number of hydrogen-bond donors (Lipinski definition) is 0. The molecular formula is C17H21N3OS. The van der Waals surface area contributed by atoms with Gasteiger partial charge in [-0.05, 0) is 32.6 Å². The Morgan fingerprint density at radius 1 is 1.36 bits per heavy atom. The summed E-state index contributed by atoms with van der Waals surface area (Å²) >= 11 is 5.59. The highest BCUT2D eigenvalue weighted by molar-refractivity contribution is 7.80. The number of aromatic nitrogens is 1. The fourth-order valence-electron chi connectivity index (χ4n) is 2.68. The Labute approximate surface area is 136 Å². The summed E-state index contributed by atoms with van der Waals surface area (Å²) < 4.78 is 6.24. The van der Waals surface area contributed by atoms with Crippen LogP contribution >= 0.6 is 12.2 Å². The Balaban J connectivity index is 1.98. The van der Waals surface area contributed by atoms with Gasteiger partial charge in [-0.2, -0.15) is 0 Å². The zero-order valence-corrected chi connectivity index (χ0v) is 14.1. The van der Waals surface area contributed by atoms with Crippen molar-refractivity contribution in [3.8, 4) is 5.75 Å². The molecule has 116 valence electrons. The molecule has 22 heavy (non-hydrogen) atoms. The van der Waals surface area contributed by atoms with Crippen molar-refractivity contribution < 1.29 is 4.74 Å². The molecule has 1 atom stereocenters. The van der Waals surface area contributed by atoms with Crippen molar-refractivity contribution in [1.29, 1.82) is 0 Å². The molecule has 0 spiro atoms. The molecule has 3 rings (SSSR count). The van der Waals surface area contributed by atoms with Gasteiger partial charge in [0.2, 0.25) is 0 Å². The minimum Gasteiger partial charge on any atom is -0.486 e. The van der Waals surface area contributed by atoms with Gasteiger partial charge in [0, 0.05) is 19.0 Å². The number of rotatable bonds is 3. The third kappa shape index (κ3) is 3.05. The van der Waals surface area contributed by atoms with Crippen LogP contribution in [0.2, 0.25) is 0 Å². The fourth-order valence-corrected chi connectivity index (χ4v) is 2.90. The molecule has 1 aliphatic heterocycles. The first-order valence-corrected chi connectivity index (χ1v) is 7.92. The van der Waals surface area contributed by atoms with Crippen molar-refractivity contribution in [2.24, 2.45) is 0 Å². The summed E-state index contributed by atoms with van der Waals surface area (Å²) in [5, 5.41) is 1.08. The van der Waals surface area contributed by atoms with Crippen LogP contribution < -0.4 is 4.74 Å². The lowest BCUT2D eigenvalue weighted by Crippen LogP contribution is -2.35. The van der Waals surface area contributed by atoms with E-state index in [2.05, 4.69) is 36.0 Å². The molecular weight excluding hydrogens is 294 g/mol. The minimum absolute atomic E-state index is 0.120. The molecule has 1 aromatic carbocycles. The van der Waals surface area contributed by atoms with Crippen molar-refractivity contribution in [2.75, 3.05) is 34.2 Å². The summed E-state index contributed by atoms with van der Waals surface area (Å²) in [6, 6.07) is 10.1. The zero-order chi connectivity index (χ0) is 15.7. The molecule has 0 bridgehead atoms. The van der Waals surface area contributed by atoms with E-state index >= 15 is 0 Å². The Bertz CT molecular complexity index is 701. The lowest BCUT2D eigenvalue weighted by Gasteiger charge is -2.22. The number of para-hydroxylation sites is 1. The second kappa shape index (κ2) is 6.18. The van der Waals surface area contributed by atoms with Crippen molar-refractivity contribution in [3.05, 3.63) is 36.0 Å². The van der Waals surface area contributed by atoms with E-state index in [4.69, 9.17) is 21.9 Å². The van der Waals surface area contributed by atoms with Crippen LogP contribution in [0.5, 0.6) is 5.75 Å². The molecule has 2 aromatic rings. The summed E-state index contributed by atoms with van der Waals surface area (Å²) in [5.74, 6) is 0.803. The summed E-state index contributed by atoms with van der Waals surface area (Å²) in [7, 11) is 6.17. The predicted molar refractivity (Wildman–Crippen MR) is 93.7 cm³/mol. The van der Waals surface area contributed by atoms with E-state index in [9.17, 15) is 0 Å². The molecule has 0 aliphatic carbocycles. The van der Waals surface area contributed by atoms with Crippen LogP contribution in [0.3, 0.4) is 0 Å². The molecule has 0 saturated heterocycles. The number of pyridine rings is 1. The highest BCUT2D eigenvalue weighted by Gasteiger charge is 2.25. The van der Waals surface area contributed by atoms with Crippen LogP contribution in [0.15, 0.2) is 30.3 Å². The minimum atomic E-state index is 0.120. The van der Waals surface area contributed by atoms with Crippen molar-refractivity contribution in [1.82, 2.24) is 14.8 Å². The summed E-state index contributed by atoms with van der Waals surface area (Å²) in [5.41, 5.74) is 1.73. The van der Waals surface area contributed by atoms with E-state index in [-0.39, 0.29) is 6.10 Å². The van der Waals surface area contributed by atoms with Gasteiger partial charge in [0.1, 0.15) is 22.5 Å². The van der Waals surface area contributed by atoms with Gasteiger partial charge in [0.05, 0.1) is 12.1 Å². The number of likely N-dealkylation sites (N-methyl/N-ethyl adjacent to an activating group) is 1. The average Bonchev–Trinajstić information content (AvgIpc) is 2.61. The summed E-state index contributed by atoms with van der Waals surface area (Å²) in [6.45, 7) is 1.78. The molecule has 1 aromatic heterocycles. The molecule has 0 N–H and O–H groups in total. The third-order valence-corrected chi connectivity index (χ3v) is 4.41. The second-order valence-corrected chi connectivity index (χ2v) is 6.43. The maximum absolute atomic E-state index is 6.24. The average molecular weight is 315 g/mol. The molecule has 5 heteroatoms. The summed E-state index contributed by atoms with van der Waals surface area (Å²) in [6.07, 6.45) is 1.08. The van der Waals surface area contributed by atoms with E-state index in [0.29, 0.717) is 0 Å². The number of fused-ring (bicyclic) bond motifs is 2. The molecule has 0 saturated carbocycles. The lowest BCUT2D eigenvalue weighted by molar-refractivity contribution is 0.160. The predicted octanol–water partition coefficient (Wildman–Crippen LogP) is 2.55. The quantitative estimate of drug-likeness (QED) is 0.812. The molecule has 1 unspecified atom stereocenters. The van der Waals surface area contributed by atoms with Gasteiger partial charge in [0.25, 0.3) is 0 Å². The van der Waals surface area contributed by atoms with Gasteiger partial charge in [-0.1, -0.05) is 30.4 Å². The first kappa shape index (κ1) is 15.2. The van der Waals surface area contributed by atoms with E-state index in [1.165, 1.54) is 0 Å². The molecule has 1 aliphatic rings. The smallest absolute Gasteiger partial charge is 0.149 e. The van der Waals surface area contributed by atoms with E-state index in [1.807, 2.05) is 25.2 Å². The second-order valence-electron chi connectivity index (χ2n) is 6.05. The van der Waals surface area contributed by atoms with Gasteiger partial charge in [-0.25, -0.2) is 4.98 Å². The third-order valence-electron chi connectivity index (χ3n) is 3.91. The van der Waals surface area contributed by atoms with Gasteiger partial charge in [0.15, 0.2) is 0 Å². The van der Waals surface area contributed by atoms with Crippen LogP contribution in [0.1, 0.15) is 12.1 Å². The number of nitrogens with zero attached hydrogens (tertiary/aromatic N) is 3. The van der Waals surface area contributed by atoms with Gasteiger partial charge >= 0.3 is 0 Å². The van der Waals surface area contributed by atoms with Crippen LogP contribution in [0.4, 0.5) is 0 Å². The van der Waals surface area contributed by atoms with Crippen LogP contribution in [-0.2, 0) is 0 Å². The first-order valence-electron chi connectivity index (χ1n) is 7.51. The lowest BCUT2D eigenvalue weighted by atomic mass is 10.2. The van der Waals surface area contributed by atoms with Gasteiger partial charge < -0.3 is 14.5 Å². The SMILES string of the molecule is CN(C)CCC1CN(C)C(=S)c2nc3ccccc3cc2O1. The number of ether oxygens (including phenoxy) is 1. The van der Waals surface area contributed by atoms with Crippen LogP contribution in [0.25, 0.3) is 10.9 Å². The van der Waals surface area contributed by atoms with E-state index in [1.54, 1.807) is 0 Å². The molecule has 2 heterocycles. The van der Waals surface area contributed by atoms with Crippen molar-refractivity contribution in [2.45, 2.75) is 12.5 Å². The number of thiocarbonyl (C=S) groups is 1. The van der Waals surface area contributed by atoms with E-state index < -0.39 is 0 Å². The van der Waals surface area contributed by atoms with Crippen LogP contribution in [-0.4, -0.2) is 60.1 Å².